The molecule has 0 spiro atoms. The van der Waals surface area contributed by atoms with Crippen molar-refractivity contribution in [1.29, 1.82) is 0 Å². The molecule has 2 fully saturated rings. The molecule has 2 aliphatic rings. The van der Waals surface area contributed by atoms with E-state index in [1.54, 1.807) is 19.4 Å². The summed E-state index contributed by atoms with van der Waals surface area (Å²) in [6.45, 7) is 2.84. The summed E-state index contributed by atoms with van der Waals surface area (Å²) in [5, 5.41) is 3.05. The van der Waals surface area contributed by atoms with Crippen LogP contribution < -0.4 is 14.8 Å². The van der Waals surface area contributed by atoms with Gasteiger partial charge in [-0.05, 0) is 49.4 Å². The van der Waals surface area contributed by atoms with Gasteiger partial charge in [-0.15, -0.1) is 0 Å². The first-order valence-corrected chi connectivity index (χ1v) is 9.98. The lowest BCUT2D eigenvalue weighted by Gasteiger charge is -2.32. The van der Waals surface area contributed by atoms with E-state index in [2.05, 4.69) is 21.3 Å². The number of piperidine rings is 1. The smallest absolute Gasteiger partial charge is 0.255 e. The SMILES string of the molecule is COc1ccc(C(=O)NC2CC2)c(OC2CCN(Cc3cccnc3)CC2)c1. The number of likely N-dealkylation sites (tertiary alicyclic amines) is 1. The Morgan fingerprint density at radius 2 is 2.04 bits per heavy atom. The van der Waals surface area contributed by atoms with E-state index in [4.69, 9.17) is 9.47 Å². The molecule has 0 bridgehead atoms. The summed E-state index contributed by atoms with van der Waals surface area (Å²) in [5.74, 6) is 1.25. The average molecular weight is 381 g/mol. The van der Waals surface area contributed by atoms with E-state index in [-0.39, 0.29) is 12.0 Å². The van der Waals surface area contributed by atoms with Gasteiger partial charge in [0.1, 0.15) is 17.6 Å². The van der Waals surface area contributed by atoms with Crippen LogP contribution in [0.15, 0.2) is 42.7 Å². The Labute approximate surface area is 165 Å². The van der Waals surface area contributed by atoms with Crippen molar-refractivity contribution in [3.05, 3.63) is 53.9 Å². The van der Waals surface area contributed by atoms with E-state index in [1.807, 2.05) is 24.4 Å². The van der Waals surface area contributed by atoms with Crippen molar-refractivity contribution in [1.82, 2.24) is 15.2 Å². The van der Waals surface area contributed by atoms with E-state index in [1.165, 1.54) is 5.56 Å². The van der Waals surface area contributed by atoms with Gasteiger partial charge >= 0.3 is 0 Å². The third-order valence-electron chi connectivity index (χ3n) is 5.30. The number of rotatable bonds is 7. The number of nitrogens with zero attached hydrogens (tertiary/aromatic N) is 2. The first kappa shape index (κ1) is 18.7. The lowest BCUT2D eigenvalue weighted by Crippen LogP contribution is -2.38. The number of benzene rings is 1. The summed E-state index contributed by atoms with van der Waals surface area (Å²) in [6, 6.07) is 9.83. The zero-order valence-corrected chi connectivity index (χ0v) is 16.3. The quantitative estimate of drug-likeness (QED) is 0.799. The van der Waals surface area contributed by atoms with Crippen LogP contribution >= 0.6 is 0 Å². The van der Waals surface area contributed by atoms with Crippen molar-refractivity contribution in [2.75, 3.05) is 20.2 Å². The van der Waals surface area contributed by atoms with Gasteiger partial charge in [0.05, 0.1) is 12.7 Å². The van der Waals surface area contributed by atoms with Gasteiger partial charge in [0.15, 0.2) is 0 Å². The van der Waals surface area contributed by atoms with E-state index in [9.17, 15) is 4.79 Å². The van der Waals surface area contributed by atoms with E-state index < -0.39 is 0 Å². The number of hydrogen-bond donors (Lipinski definition) is 1. The number of aromatic nitrogens is 1. The minimum absolute atomic E-state index is 0.0610. The minimum Gasteiger partial charge on any atom is -0.497 e. The second-order valence-electron chi connectivity index (χ2n) is 7.56. The molecule has 1 aromatic heterocycles. The molecule has 0 radical (unpaired) electrons. The van der Waals surface area contributed by atoms with Crippen molar-refractivity contribution >= 4 is 5.91 Å². The van der Waals surface area contributed by atoms with Gasteiger partial charge in [0.2, 0.25) is 0 Å². The van der Waals surface area contributed by atoms with Crippen molar-refractivity contribution < 1.29 is 14.3 Å². The average Bonchev–Trinajstić information content (AvgIpc) is 3.54. The Hall–Kier alpha value is -2.60. The third-order valence-corrected chi connectivity index (χ3v) is 5.30. The van der Waals surface area contributed by atoms with Gasteiger partial charge in [-0.25, -0.2) is 0 Å². The number of nitrogens with one attached hydrogen (secondary N) is 1. The van der Waals surface area contributed by atoms with Crippen LogP contribution in [-0.4, -0.2) is 48.1 Å². The lowest BCUT2D eigenvalue weighted by atomic mass is 10.1. The maximum absolute atomic E-state index is 12.6. The fraction of sp³-hybridized carbons (Fsp3) is 0.455. The number of carbonyl (C=O) groups excluding carboxylic acids is 1. The lowest BCUT2D eigenvalue weighted by molar-refractivity contribution is 0.0889. The van der Waals surface area contributed by atoms with E-state index in [0.717, 1.165) is 45.3 Å². The van der Waals surface area contributed by atoms with E-state index >= 15 is 0 Å². The molecule has 0 unspecified atom stereocenters. The normalized spacial score (nSPS) is 17.9. The first-order chi connectivity index (χ1) is 13.7. The molecule has 4 rings (SSSR count). The largest absolute Gasteiger partial charge is 0.497 e. The maximum Gasteiger partial charge on any atom is 0.255 e. The standard InChI is InChI=1S/C22H27N3O3/c1-27-19-6-7-20(22(26)24-17-4-5-17)21(13-19)28-18-8-11-25(12-9-18)15-16-3-2-10-23-14-16/h2-3,6-7,10,13-14,17-18H,4-5,8-9,11-12,15H2,1H3,(H,24,26). The Morgan fingerprint density at radius 3 is 2.71 bits per heavy atom. The van der Waals surface area contributed by atoms with Crippen LogP contribution in [0.4, 0.5) is 0 Å². The Bertz CT molecular complexity index is 800. The second-order valence-corrected chi connectivity index (χ2v) is 7.56. The summed E-state index contributed by atoms with van der Waals surface area (Å²) >= 11 is 0. The highest BCUT2D eigenvalue weighted by Gasteiger charge is 2.27. The zero-order chi connectivity index (χ0) is 19.3. The second kappa shape index (κ2) is 8.61. The Kier molecular flexibility index (Phi) is 5.76. The Morgan fingerprint density at radius 1 is 1.21 bits per heavy atom. The summed E-state index contributed by atoms with van der Waals surface area (Å²) in [4.78, 5) is 19.2. The fourth-order valence-corrected chi connectivity index (χ4v) is 3.52. The monoisotopic (exact) mass is 381 g/mol. The maximum atomic E-state index is 12.6. The molecular weight excluding hydrogens is 354 g/mol. The highest BCUT2D eigenvalue weighted by atomic mass is 16.5. The molecule has 1 amide bonds. The number of ether oxygens (including phenoxy) is 2. The molecule has 1 N–H and O–H groups in total. The number of amides is 1. The number of carbonyl (C=O) groups is 1. The van der Waals surface area contributed by atoms with Gasteiger partial charge in [-0.3, -0.25) is 14.7 Å². The van der Waals surface area contributed by atoms with Crippen LogP contribution in [-0.2, 0) is 6.54 Å². The van der Waals surface area contributed by atoms with Crippen molar-refractivity contribution in [3.8, 4) is 11.5 Å². The number of pyridine rings is 1. The highest BCUT2D eigenvalue weighted by molar-refractivity contribution is 5.97. The molecular formula is C22H27N3O3. The summed E-state index contributed by atoms with van der Waals surface area (Å²) in [5.41, 5.74) is 1.82. The molecule has 1 saturated carbocycles. The molecule has 1 aliphatic heterocycles. The molecule has 6 nitrogen and oxygen atoms in total. The van der Waals surface area contributed by atoms with Crippen LogP contribution in [0.3, 0.4) is 0 Å². The summed E-state index contributed by atoms with van der Waals surface area (Å²) in [6.07, 6.45) is 7.81. The molecule has 28 heavy (non-hydrogen) atoms. The van der Waals surface area contributed by atoms with Crippen molar-refractivity contribution in [2.24, 2.45) is 0 Å². The third kappa shape index (κ3) is 4.81. The van der Waals surface area contributed by atoms with Crippen LogP contribution in [0.5, 0.6) is 11.5 Å². The van der Waals surface area contributed by atoms with Gasteiger partial charge < -0.3 is 14.8 Å². The predicted molar refractivity (Wildman–Crippen MR) is 107 cm³/mol. The molecule has 1 aliphatic carbocycles. The van der Waals surface area contributed by atoms with Gasteiger partial charge in [-0.2, -0.15) is 0 Å². The molecule has 6 heteroatoms. The molecule has 148 valence electrons. The summed E-state index contributed by atoms with van der Waals surface area (Å²) < 4.78 is 11.6. The van der Waals surface area contributed by atoms with Crippen LogP contribution in [0, 0.1) is 0 Å². The molecule has 1 aromatic carbocycles. The molecule has 2 heterocycles. The number of hydrogen-bond acceptors (Lipinski definition) is 5. The number of methoxy groups -OCH3 is 1. The first-order valence-electron chi connectivity index (χ1n) is 9.98. The van der Waals surface area contributed by atoms with Gasteiger partial charge in [-0.1, -0.05) is 6.07 Å². The zero-order valence-electron chi connectivity index (χ0n) is 16.3. The summed E-state index contributed by atoms with van der Waals surface area (Å²) in [7, 11) is 1.62. The van der Waals surface area contributed by atoms with E-state index in [0.29, 0.717) is 23.1 Å². The predicted octanol–water partition coefficient (Wildman–Crippen LogP) is 3.03. The minimum atomic E-state index is -0.0610. The van der Waals surface area contributed by atoms with Gasteiger partial charge in [0, 0.05) is 44.1 Å². The van der Waals surface area contributed by atoms with Crippen LogP contribution in [0.25, 0.3) is 0 Å². The highest BCUT2D eigenvalue weighted by Crippen LogP contribution is 2.29. The molecule has 2 aromatic rings. The van der Waals surface area contributed by atoms with Crippen molar-refractivity contribution in [3.63, 3.8) is 0 Å². The van der Waals surface area contributed by atoms with Crippen LogP contribution in [0.2, 0.25) is 0 Å². The van der Waals surface area contributed by atoms with Crippen molar-refractivity contribution in [2.45, 2.75) is 44.4 Å². The Balaban J connectivity index is 1.37. The fourth-order valence-electron chi connectivity index (χ4n) is 3.52. The topological polar surface area (TPSA) is 63.7 Å². The molecule has 1 saturated heterocycles. The molecule has 0 atom stereocenters. The van der Waals surface area contributed by atoms with Gasteiger partial charge in [0.25, 0.3) is 5.91 Å². The van der Waals surface area contributed by atoms with Crippen LogP contribution in [0.1, 0.15) is 41.6 Å².